The fraction of sp³-hybridized carbons (Fsp3) is 0.750. The first-order valence-corrected chi connectivity index (χ1v) is 8.98. The largest absolute Gasteiger partial charge is 0.312 e. The molecule has 18 heavy (non-hydrogen) atoms. The van der Waals surface area contributed by atoms with Crippen molar-refractivity contribution in [3.8, 4) is 0 Å². The van der Waals surface area contributed by atoms with Crippen molar-refractivity contribution in [1.82, 2.24) is 10.3 Å². The van der Waals surface area contributed by atoms with E-state index in [1.54, 1.807) is 0 Å². The molecule has 1 aromatic rings. The molecule has 0 aliphatic carbocycles. The maximum atomic E-state index is 11.7. The standard InChI is InChI=1S/C12H22N2O2S2/c1-4-6-13-8-11-10(3)14-12(17-11)9-18(15,16)7-5-2/h13H,4-9H2,1-3H3. The molecular formula is C12H22N2O2S2. The summed E-state index contributed by atoms with van der Waals surface area (Å²) in [7, 11) is -2.99. The molecule has 0 aliphatic heterocycles. The SMILES string of the molecule is CCCNCc1sc(CS(=O)(=O)CCC)nc1C. The number of hydrogen-bond donors (Lipinski definition) is 1. The maximum absolute atomic E-state index is 11.7. The fourth-order valence-electron chi connectivity index (χ4n) is 1.66. The molecule has 0 bridgehead atoms. The summed E-state index contributed by atoms with van der Waals surface area (Å²) in [6, 6.07) is 0. The summed E-state index contributed by atoms with van der Waals surface area (Å²) in [6.45, 7) is 7.70. The minimum absolute atomic E-state index is 0.0835. The van der Waals surface area contributed by atoms with Crippen molar-refractivity contribution < 1.29 is 8.42 Å². The number of sulfone groups is 1. The lowest BCUT2D eigenvalue weighted by Crippen LogP contribution is -2.13. The van der Waals surface area contributed by atoms with Gasteiger partial charge in [-0.2, -0.15) is 0 Å². The second kappa shape index (κ2) is 7.21. The van der Waals surface area contributed by atoms with Crippen molar-refractivity contribution in [3.05, 3.63) is 15.6 Å². The molecule has 4 nitrogen and oxygen atoms in total. The lowest BCUT2D eigenvalue weighted by molar-refractivity contribution is 0.594. The molecule has 0 fully saturated rings. The third-order valence-electron chi connectivity index (χ3n) is 2.51. The molecule has 0 aromatic carbocycles. The van der Waals surface area contributed by atoms with Crippen LogP contribution in [-0.4, -0.2) is 25.7 Å². The van der Waals surface area contributed by atoms with Gasteiger partial charge in [0.25, 0.3) is 0 Å². The quantitative estimate of drug-likeness (QED) is 0.746. The van der Waals surface area contributed by atoms with E-state index in [1.807, 2.05) is 13.8 Å². The molecule has 0 amide bonds. The van der Waals surface area contributed by atoms with E-state index < -0.39 is 9.84 Å². The summed E-state index contributed by atoms with van der Waals surface area (Å²) < 4.78 is 23.5. The van der Waals surface area contributed by atoms with Crippen LogP contribution in [-0.2, 0) is 22.1 Å². The van der Waals surface area contributed by atoms with Crippen molar-refractivity contribution in [2.24, 2.45) is 0 Å². The number of thiazole rings is 1. The van der Waals surface area contributed by atoms with E-state index in [2.05, 4.69) is 17.2 Å². The Morgan fingerprint density at radius 3 is 2.61 bits per heavy atom. The van der Waals surface area contributed by atoms with Crippen LogP contribution in [0.1, 0.15) is 42.3 Å². The van der Waals surface area contributed by atoms with Gasteiger partial charge < -0.3 is 5.32 Å². The molecule has 0 aliphatic rings. The molecule has 6 heteroatoms. The Morgan fingerprint density at radius 2 is 2.00 bits per heavy atom. The zero-order chi connectivity index (χ0) is 13.6. The topological polar surface area (TPSA) is 59.1 Å². The van der Waals surface area contributed by atoms with Crippen LogP contribution >= 0.6 is 11.3 Å². The zero-order valence-electron chi connectivity index (χ0n) is 11.3. The first-order valence-electron chi connectivity index (χ1n) is 6.34. The van der Waals surface area contributed by atoms with E-state index in [1.165, 1.54) is 11.3 Å². The highest BCUT2D eigenvalue weighted by Crippen LogP contribution is 2.20. The average Bonchev–Trinajstić information content (AvgIpc) is 2.58. The number of nitrogens with zero attached hydrogens (tertiary/aromatic N) is 1. The highest BCUT2D eigenvalue weighted by atomic mass is 32.2. The predicted octanol–water partition coefficient (Wildman–Crippen LogP) is 2.28. The molecule has 1 heterocycles. The number of rotatable bonds is 8. The van der Waals surface area contributed by atoms with Gasteiger partial charge in [0.2, 0.25) is 0 Å². The van der Waals surface area contributed by atoms with Gasteiger partial charge in [-0.05, 0) is 26.3 Å². The van der Waals surface area contributed by atoms with Gasteiger partial charge in [-0.15, -0.1) is 11.3 Å². The summed E-state index contributed by atoms with van der Waals surface area (Å²) in [5, 5.41) is 4.03. The first-order chi connectivity index (χ1) is 8.48. The number of hydrogen-bond acceptors (Lipinski definition) is 5. The Labute approximate surface area is 114 Å². The van der Waals surface area contributed by atoms with E-state index in [0.29, 0.717) is 11.4 Å². The second-order valence-corrected chi connectivity index (χ2v) is 7.74. The van der Waals surface area contributed by atoms with E-state index in [-0.39, 0.29) is 11.5 Å². The Balaban J connectivity index is 2.66. The van der Waals surface area contributed by atoms with Crippen LogP contribution in [0.2, 0.25) is 0 Å². The van der Waals surface area contributed by atoms with Gasteiger partial charge in [0.1, 0.15) is 10.8 Å². The first kappa shape index (κ1) is 15.6. The lowest BCUT2D eigenvalue weighted by Gasteiger charge is -2.00. The van der Waals surface area contributed by atoms with Crippen molar-refractivity contribution >= 4 is 21.2 Å². The van der Waals surface area contributed by atoms with Crippen LogP contribution in [0.4, 0.5) is 0 Å². The Bertz CT molecular complexity index is 466. The van der Waals surface area contributed by atoms with Crippen LogP contribution in [0.25, 0.3) is 0 Å². The van der Waals surface area contributed by atoms with Gasteiger partial charge >= 0.3 is 0 Å². The molecule has 0 saturated heterocycles. The van der Waals surface area contributed by atoms with Crippen LogP contribution in [0.3, 0.4) is 0 Å². The molecule has 0 radical (unpaired) electrons. The van der Waals surface area contributed by atoms with Crippen LogP contribution in [0, 0.1) is 6.92 Å². The highest BCUT2D eigenvalue weighted by molar-refractivity contribution is 7.90. The maximum Gasteiger partial charge on any atom is 0.156 e. The second-order valence-electron chi connectivity index (χ2n) is 4.38. The molecule has 104 valence electrons. The zero-order valence-corrected chi connectivity index (χ0v) is 13.0. The predicted molar refractivity (Wildman–Crippen MR) is 76.6 cm³/mol. The van der Waals surface area contributed by atoms with Gasteiger partial charge in [-0.3, -0.25) is 0 Å². The van der Waals surface area contributed by atoms with E-state index >= 15 is 0 Å². The van der Waals surface area contributed by atoms with Crippen LogP contribution < -0.4 is 5.32 Å². The van der Waals surface area contributed by atoms with Crippen LogP contribution in [0.15, 0.2) is 0 Å². The molecule has 1 aromatic heterocycles. The van der Waals surface area contributed by atoms with Crippen molar-refractivity contribution in [2.75, 3.05) is 12.3 Å². The average molecular weight is 290 g/mol. The monoisotopic (exact) mass is 290 g/mol. The third-order valence-corrected chi connectivity index (χ3v) is 5.59. The highest BCUT2D eigenvalue weighted by Gasteiger charge is 2.15. The smallest absolute Gasteiger partial charge is 0.156 e. The van der Waals surface area contributed by atoms with E-state index in [9.17, 15) is 8.42 Å². The van der Waals surface area contributed by atoms with Crippen LogP contribution in [0.5, 0.6) is 0 Å². The van der Waals surface area contributed by atoms with Crippen molar-refractivity contribution in [1.29, 1.82) is 0 Å². The summed E-state index contributed by atoms with van der Waals surface area (Å²) in [6.07, 6.45) is 1.76. The number of aryl methyl sites for hydroxylation is 1. The van der Waals surface area contributed by atoms with E-state index in [0.717, 1.165) is 30.1 Å². The number of nitrogens with one attached hydrogen (secondary N) is 1. The molecular weight excluding hydrogens is 268 g/mol. The Kier molecular flexibility index (Phi) is 6.25. The van der Waals surface area contributed by atoms with Gasteiger partial charge in [0, 0.05) is 11.4 Å². The summed E-state index contributed by atoms with van der Waals surface area (Å²) in [4.78, 5) is 5.50. The van der Waals surface area contributed by atoms with E-state index in [4.69, 9.17) is 0 Å². The molecule has 0 spiro atoms. The summed E-state index contributed by atoms with van der Waals surface area (Å²) >= 11 is 1.51. The van der Waals surface area contributed by atoms with Gasteiger partial charge in [-0.1, -0.05) is 13.8 Å². The fourth-order valence-corrected chi connectivity index (χ4v) is 4.48. The molecule has 0 unspecified atom stereocenters. The number of aromatic nitrogens is 1. The third kappa shape index (κ3) is 5.04. The Morgan fingerprint density at radius 1 is 1.28 bits per heavy atom. The Hall–Kier alpha value is -0.460. The molecule has 0 saturated carbocycles. The van der Waals surface area contributed by atoms with Gasteiger partial charge in [0.05, 0.1) is 11.4 Å². The molecule has 0 atom stereocenters. The minimum Gasteiger partial charge on any atom is -0.312 e. The molecule has 1 rings (SSSR count). The van der Waals surface area contributed by atoms with Gasteiger partial charge in [0.15, 0.2) is 9.84 Å². The van der Waals surface area contributed by atoms with Crippen molar-refractivity contribution in [3.63, 3.8) is 0 Å². The summed E-state index contributed by atoms with van der Waals surface area (Å²) in [5.41, 5.74) is 0.949. The minimum atomic E-state index is -2.99. The lowest BCUT2D eigenvalue weighted by atomic mass is 10.4. The van der Waals surface area contributed by atoms with Gasteiger partial charge in [-0.25, -0.2) is 13.4 Å². The molecule has 1 N–H and O–H groups in total. The normalized spacial score (nSPS) is 11.9. The summed E-state index contributed by atoms with van der Waals surface area (Å²) in [5.74, 6) is 0.329. The van der Waals surface area contributed by atoms with Crippen molar-refractivity contribution in [2.45, 2.75) is 45.9 Å².